The molecule has 0 aliphatic heterocycles. The lowest BCUT2D eigenvalue weighted by Crippen LogP contribution is -2.09. The number of nitrogens with zero attached hydrogens (tertiary/aromatic N) is 3. The third-order valence-electron chi connectivity index (χ3n) is 2.40. The minimum Gasteiger partial charge on any atom is -0.284 e. The van der Waals surface area contributed by atoms with E-state index in [1.54, 1.807) is 16.8 Å². The second-order valence-electron chi connectivity index (χ2n) is 4.04. The molecule has 1 aromatic carbocycles. The molecule has 0 fully saturated rings. The number of benzene rings is 1. The summed E-state index contributed by atoms with van der Waals surface area (Å²) >= 11 is 0. The Balaban J connectivity index is 2.11. The van der Waals surface area contributed by atoms with Crippen molar-refractivity contribution in [3.8, 4) is 0 Å². The van der Waals surface area contributed by atoms with Gasteiger partial charge in [0.05, 0.1) is 12.8 Å². The van der Waals surface area contributed by atoms with Crippen LogP contribution >= 0.6 is 0 Å². The lowest BCUT2D eigenvalue weighted by atomic mass is 10.2. The van der Waals surface area contributed by atoms with Gasteiger partial charge in [-0.05, 0) is 24.6 Å². The van der Waals surface area contributed by atoms with E-state index in [0.29, 0.717) is 12.2 Å². The molecule has 0 radical (unpaired) electrons. The summed E-state index contributed by atoms with van der Waals surface area (Å²) in [6.45, 7) is 2.50. The van der Waals surface area contributed by atoms with E-state index in [9.17, 15) is 8.42 Å². The standard InChI is InChI=1S/C11H14N4O2S/c1-9-12-8-13-15(9)7-10-3-5-11(6-4-10)14-18(2,16)17/h3-6,8,14H,7H2,1-2H3. The largest absolute Gasteiger partial charge is 0.284 e. The van der Waals surface area contributed by atoms with E-state index < -0.39 is 10.0 Å². The Morgan fingerprint density at radius 1 is 1.28 bits per heavy atom. The predicted molar refractivity (Wildman–Crippen MR) is 68.8 cm³/mol. The molecule has 6 nitrogen and oxygen atoms in total. The fraction of sp³-hybridized carbons (Fsp3) is 0.273. The highest BCUT2D eigenvalue weighted by atomic mass is 32.2. The van der Waals surface area contributed by atoms with Gasteiger partial charge in [0, 0.05) is 5.69 Å². The van der Waals surface area contributed by atoms with Crippen LogP contribution in [0.2, 0.25) is 0 Å². The second kappa shape index (κ2) is 4.77. The van der Waals surface area contributed by atoms with Crippen molar-refractivity contribution in [2.45, 2.75) is 13.5 Å². The van der Waals surface area contributed by atoms with Crippen LogP contribution in [-0.4, -0.2) is 29.4 Å². The van der Waals surface area contributed by atoms with Gasteiger partial charge in [0.15, 0.2) is 0 Å². The van der Waals surface area contributed by atoms with Crippen LogP contribution in [0.15, 0.2) is 30.6 Å². The van der Waals surface area contributed by atoms with E-state index in [0.717, 1.165) is 17.6 Å². The Morgan fingerprint density at radius 2 is 1.94 bits per heavy atom. The first-order valence-corrected chi connectivity index (χ1v) is 7.24. The van der Waals surface area contributed by atoms with Gasteiger partial charge >= 0.3 is 0 Å². The number of nitrogens with one attached hydrogen (secondary N) is 1. The lowest BCUT2D eigenvalue weighted by Gasteiger charge is -2.06. The molecule has 0 bridgehead atoms. The van der Waals surface area contributed by atoms with Gasteiger partial charge in [-0.3, -0.25) is 4.72 Å². The SMILES string of the molecule is Cc1ncnn1Cc1ccc(NS(C)(=O)=O)cc1. The van der Waals surface area contributed by atoms with Crippen molar-refractivity contribution in [3.63, 3.8) is 0 Å². The molecule has 0 unspecified atom stereocenters. The summed E-state index contributed by atoms with van der Waals surface area (Å²) in [6, 6.07) is 7.16. The molecule has 1 N–H and O–H groups in total. The molecular formula is C11H14N4O2S. The smallest absolute Gasteiger partial charge is 0.229 e. The van der Waals surface area contributed by atoms with Crippen molar-refractivity contribution in [3.05, 3.63) is 42.0 Å². The molecule has 0 aliphatic carbocycles. The normalized spacial score (nSPS) is 11.4. The van der Waals surface area contributed by atoms with Gasteiger partial charge in [-0.1, -0.05) is 12.1 Å². The fourth-order valence-electron chi connectivity index (χ4n) is 1.54. The number of hydrogen-bond acceptors (Lipinski definition) is 4. The number of anilines is 1. The number of hydrogen-bond donors (Lipinski definition) is 1. The molecule has 1 aromatic heterocycles. The van der Waals surface area contributed by atoms with Crippen LogP contribution in [0, 0.1) is 6.92 Å². The first-order chi connectivity index (χ1) is 8.44. The maximum atomic E-state index is 11.1. The summed E-state index contributed by atoms with van der Waals surface area (Å²) in [5.41, 5.74) is 1.58. The number of aryl methyl sites for hydroxylation is 1. The molecule has 0 spiro atoms. The van der Waals surface area contributed by atoms with Crippen LogP contribution in [0.4, 0.5) is 5.69 Å². The van der Waals surface area contributed by atoms with Gasteiger partial charge in [0.2, 0.25) is 10.0 Å². The van der Waals surface area contributed by atoms with E-state index in [1.165, 1.54) is 6.33 Å². The highest BCUT2D eigenvalue weighted by Crippen LogP contribution is 2.11. The van der Waals surface area contributed by atoms with Gasteiger partial charge in [-0.2, -0.15) is 5.10 Å². The minimum atomic E-state index is -3.22. The molecule has 0 saturated heterocycles. The fourth-order valence-corrected chi connectivity index (χ4v) is 2.11. The van der Waals surface area contributed by atoms with E-state index in [4.69, 9.17) is 0 Å². The average Bonchev–Trinajstić information content (AvgIpc) is 2.65. The molecule has 0 saturated carbocycles. The quantitative estimate of drug-likeness (QED) is 0.895. The topological polar surface area (TPSA) is 76.9 Å². The number of sulfonamides is 1. The summed E-state index contributed by atoms with van der Waals surface area (Å²) in [6.07, 6.45) is 2.63. The van der Waals surface area contributed by atoms with Gasteiger partial charge in [0.1, 0.15) is 12.2 Å². The van der Waals surface area contributed by atoms with Crippen LogP contribution < -0.4 is 4.72 Å². The van der Waals surface area contributed by atoms with Crippen molar-refractivity contribution >= 4 is 15.7 Å². The Kier molecular flexibility index (Phi) is 3.33. The molecule has 2 aromatic rings. The van der Waals surface area contributed by atoms with Crippen LogP contribution in [0.3, 0.4) is 0 Å². The van der Waals surface area contributed by atoms with Crippen LogP contribution in [0.5, 0.6) is 0 Å². The summed E-state index contributed by atoms with van der Waals surface area (Å²) < 4.78 is 26.3. The third kappa shape index (κ3) is 3.30. The molecular weight excluding hydrogens is 252 g/mol. The summed E-state index contributed by atoms with van der Waals surface area (Å²) in [4.78, 5) is 4.04. The zero-order chi connectivity index (χ0) is 13.2. The maximum Gasteiger partial charge on any atom is 0.229 e. The lowest BCUT2D eigenvalue weighted by molar-refractivity contribution is 0.607. The molecule has 1 heterocycles. The maximum absolute atomic E-state index is 11.1. The van der Waals surface area contributed by atoms with E-state index in [-0.39, 0.29) is 0 Å². The van der Waals surface area contributed by atoms with Crippen LogP contribution in [0.1, 0.15) is 11.4 Å². The first kappa shape index (κ1) is 12.6. The molecule has 18 heavy (non-hydrogen) atoms. The van der Waals surface area contributed by atoms with E-state index >= 15 is 0 Å². The molecule has 0 amide bonds. The predicted octanol–water partition coefficient (Wildman–Crippen LogP) is 1.01. The van der Waals surface area contributed by atoms with Gasteiger partial charge in [0.25, 0.3) is 0 Å². The molecule has 0 atom stereocenters. The summed E-state index contributed by atoms with van der Waals surface area (Å²) in [5, 5.41) is 4.09. The first-order valence-electron chi connectivity index (χ1n) is 5.35. The molecule has 2 rings (SSSR count). The Morgan fingerprint density at radius 3 is 2.44 bits per heavy atom. The number of rotatable bonds is 4. The minimum absolute atomic E-state index is 0.552. The summed E-state index contributed by atoms with van der Waals surface area (Å²) in [7, 11) is -3.22. The third-order valence-corrected chi connectivity index (χ3v) is 3.01. The van der Waals surface area contributed by atoms with Gasteiger partial charge in [-0.25, -0.2) is 18.1 Å². The Bertz CT molecular complexity index is 631. The van der Waals surface area contributed by atoms with E-state index in [1.807, 2.05) is 19.1 Å². The van der Waals surface area contributed by atoms with Crippen molar-refractivity contribution in [2.75, 3.05) is 11.0 Å². The van der Waals surface area contributed by atoms with Crippen LogP contribution in [-0.2, 0) is 16.6 Å². The van der Waals surface area contributed by atoms with Crippen molar-refractivity contribution in [1.29, 1.82) is 0 Å². The molecule has 7 heteroatoms. The monoisotopic (exact) mass is 266 g/mol. The highest BCUT2D eigenvalue weighted by Gasteiger charge is 2.03. The zero-order valence-electron chi connectivity index (χ0n) is 10.2. The number of aromatic nitrogens is 3. The van der Waals surface area contributed by atoms with Crippen LogP contribution in [0.25, 0.3) is 0 Å². The van der Waals surface area contributed by atoms with Crippen molar-refractivity contribution < 1.29 is 8.42 Å². The molecule has 96 valence electrons. The van der Waals surface area contributed by atoms with Crippen molar-refractivity contribution in [2.24, 2.45) is 0 Å². The Hall–Kier alpha value is -1.89. The summed E-state index contributed by atoms with van der Waals surface area (Å²) in [5.74, 6) is 0.841. The second-order valence-corrected chi connectivity index (χ2v) is 5.78. The van der Waals surface area contributed by atoms with Gasteiger partial charge in [-0.15, -0.1) is 0 Å². The van der Waals surface area contributed by atoms with E-state index in [2.05, 4.69) is 14.8 Å². The zero-order valence-corrected chi connectivity index (χ0v) is 11.0. The average molecular weight is 266 g/mol. The Labute approximate surface area is 106 Å². The highest BCUT2D eigenvalue weighted by molar-refractivity contribution is 7.92. The van der Waals surface area contributed by atoms with Gasteiger partial charge < -0.3 is 0 Å². The van der Waals surface area contributed by atoms with Crippen molar-refractivity contribution in [1.82, 2.24) is 14.8 Å². The molecule has 0 aliphatic rings.